The van der Waals surface area contributed by atoms with Gasteiger partial charge in [0.25, 0.3) is 5.56 Å². The molecule has 0 radical (unpaired) electrons. The number of hydrogen-bond donors (Lipinski definition) is 1. The number of nitrogens with zero attached hydrogens (tertiary/aromatic N) is 3. The number of ether oxygens (including phenoxy) is 1. The number of carbonyl (C=O) groups excluding carboxylic acids is 1. The van der Waals surface area contributed by atoms with Crippen molar-refractivity contribution in [3.63, 3.8) is 0 Å². The normalized spacial score (nSPS) is 14.6. The number of anilines is 1. The second-order valence-corrected chi connectivity index (χ2v) is 10.2. The zero-order chi connectivity index (χ0) is 24.8. The summed E-state index contributed by atoms with van der Waals surface area (Å²) in [4.78, 5) is 32.9. The highest BCUT2D eigenvalue weighted by Crippen LogP contribution is 2.41. The molecule has 0 aliphatic carbocycles. The van der Waals surface area contributed by atoms with E-state index in [2.05, 4.69) is 12.1 Å². The number of alkyl halides is 1. The Balaban J connectivity index is 1.54. The fourth-order valence-electron chi connectivity index (χ4n) is 4.83. The summed E-state index contributed by atoms with van der Waals surface area (Å²) >= 11 is 7.47. The minimum atomic E-state index is -0.151. The average molecular weight is 520 g/mol. The number of benzene rings is 2. The van der Waals surface area contributed by atoms with Gasteiger partial charge in [-0.1, -0.05) is 18.2 Å². The van der Waals surface area contributed by atoms with Gasteiger partial charge < -0.3 is 9.64 Å². The van der Waals surface area contributed by atoms with Crippen LogP contribution in [0.3, 0.4) is 0 Å². The third kappa shape index (κ3) is 3.87. The van der Waals surface area contributed by atoms with E-state index in [1.165, 1.54) is 4.90 Å². The van der Waals surface area contributed by atoms with Gasteiger partial charge >= 0.3 is 0 Å². The quantitative estimate of drug-likeness (QED) is 0.369. The molecule has 9 heteroatoms. The first kappa shape index (κ1) is 23.1. The van der Waals surface area contributed by atoms with E-state index in [1.54, 1.807) is 39.9 Å². The number of morpholine rings is 1. The topological polar surface area (TPSA) is 68.4 Å². The Morgan fingerprint density at radius 2 is 1.92 bits per heavy atom. The second-order valence-electron chi connectivity index (χ2n) is 8.86. The fraction of sp³-hybridized carbons (Fsp3) is 0.222. The molecule has 0 atom stereocenters. The van der Waals surface area contributed by atoms with Crippen molar-refractivity contribution in [3.8, 4) is 11.1 Å². The van der Waals surface area contributed by atoms with Crippen LogP contribution in [0.25, 0.3) is 36.9 Å². The molecule has 3 aromatic heterocycles. The minimum absolute atomic E-state index is 0.0648. The van der Waals surface area contributed by atoms with E-state index in [0.29, 0.717) is 18.9 Å². The summed E-state index contributed by atoms with van der Waals surface area (Å²) in [5.74, 6) is 0.544. The molecule has 1 saturated heterocycles. The highest BCUT2D eigenvalue weighted by Gasteiger charge is 2.21. The summed E-state index contributed by atoms with van der Waals surface area (Å²) in [6.07, 6.45) is 1.77. The van der Waals surface area contributed by atoms with E-state index < -0.39 is 0 Å². The molecule has 1 aliphatic rings. The monoisotopic (exact) mass is 519 g/mol. The van der Waals surface area contributed by atoms with Crippen molar-refractivity contribution in [1.82, 2.24) is 9.38 Å². The molecule has 1 fully saturated rings. The number of amides is 1. The Labute approximate surface area is 216 Å². The molecular formula is C27H24ClN4O3S+. The molecule has 36 heavy (non-hydrogen) atoms. The second kappa shape index (κ2) is 9.29. The molecule has 0 spiro atoms. The number of carbonyl (C=O) groups is 1. The van der Waals surface area contributed by atoms with Gasteiger partial charge in [-0.25, -0.2) is 0 Å². The summed E-state index contributed by atoms with van der Waals surface area (Å²) in [7, 11) is 1.74. The maximum Gasteiger partial charge on any atom is 0.264 e. The highest BCUT2D eigenvalue weighted by atomic mass is 35.5. The fourth-order valence-corrected chi connectivity index (χ4v) is 6.22. The van der Waals surface area contributed by atoms with Gasteiger partial charge in [-0.2, -0.15) is 4.98 Å². The number of aromatic nitrogens is 2. The molecule has 1 aliphatic heterocycles. The predicted octanol–water partition coefficient (Wildman–Crippen LogP) is 3.48. The Hall–Kier alpha value is -3.30. The van der Waals surface area contributed by atoms with Gasteiger partial charge in [-0.3, -0.25) is 18.9 Å². The van der Waals surface area contributed by atoms with Gasteiger partial charge in [0.1, 0.15) is 19.0 Å². The molecule has 6 rings (SSSR count). The molecule has 5 aromatic rings. The SMILES string of the molecule is CN(C(=O)CCl)c1ccc2sc3c(-c4cccn5c(=O)cc([NH+]6CCOCC6)nc45)cccc3c2c1. The summed E-state index contributed by atoms with van der Waals surface area (Å²) in [5, 5.41) is 2.17. The van der Waals surface area contributed by atoms with Crippen LogP contribution in [-0.2, 0) is 9.53 Å². The Morgan fingerprint density at radius 1 is 1.11 bits per heavy atom. The predicted molar refractivity (Wildman–Crippen MR) is 145 cm³/mol. The van der Waals surface area contributed by atoms with Gasteiger partial charge in [0.2, 0.25) is 11.7 Å². The van der Waals surface area contributed by atoms with Crippen LogP contribution >= 0.6 is 22.9 Å². The van der Waals surface area contributed by atoms with Gasteiger partial charge in [-0.05, 0) is 30.3 Å². The van der Waals surface area contributed by atoms with Crippen molar-refractivity contribution >= 4 is 66.2 Å². The lowest BCUT2D eigenvalue weighted by atomic mass is 10.0. The van der Waals surface area contributed by atoms with Crippen molar-refractivity contribution in [1.29, 1.82) is 0 Å². The lowest BCUT2D eigenvalue weighted by Crippen LogP contribution is -3.09. The van der Waals surface area contributed by atoms with Crippen LogP contribution in [0.15, 0.2) is 65.6 Å². The van der Waals surface area contributed by atoms with Crippen LogP contribution in [0.4, 0.5) is 11.5 Å². The van der Waals surface area contributed by atoms with E-state index in [9.17, 15) is 9.59 Å². The molecule has 0 saturated carbocycles. The number of rotatable bonds is 4. The molecule has 1 N–H and O–H groups in total. The van der Waals surface area contributed by atoms with Crippen molar-refractivity contribution in [3.05, 3.63) is 71.1 Å². The van der Waals surface area contributed by atoms with Crippen LogP contribution < -0.4 is 15.4 Å². The third-order valence-electron chi connectivity index (χ3n) is 6.80. The van der Waals surface area contributed by atoms with Crippen molar-refractivity contribution < 1.29 is 14.4 Å². The molecule has 7 nitrogen and oxygen atoms in total. The van der Waals surface area contributed by atoms with Crippen molar-refractivity contribution in [2.45, 2.75) is 0 Å². The lowest BCUT2D eigenvalue weighted by Gasteiger charge is -2.22. The molecular weight excluding hydrogens is 496 g/mol. The Morgan fingerprint density at radius 3 is 2.72 bits per heavy atom. The smallest absolute Gasteiger partial charge is 0.264 e. The third-order valence-corrected chi connectivity index (χ3v) is 8.24. The largest absolute Gasteiger partial charge is 0.370 e. The maximum atomic E-state index is 13.1. The Bertz CT molecular complexity index is 1690. The summed E-state index contributed by atoms with van der Waals surface area (Å²) in [5.41, 5.74) is 3.30. The number of quaternary nitrogens is 1. The molecule has 0 unspecified atom stereocenters. The highest BCUT2D eigenvalue weighted by molar-refractivity contribution is 7.26. The van der Waals surface area contributed by atoms with Gasteiger partial charge in [0, 0.05) is 50.2 Å². The molecule has 1 amide bonds. The number of halogens is 1. The summed E-state index contributed by atoms with van der Waals surface area (Å²) in [6, 6.07) is 17.8. The minimum Gasteiger partial charge on any atom is -0.370 e. The van der Waals surface area contributed by atoms with Gasteiger partial charge in [0.05, 0.1) is 19.3 Å². The van der Waals surface area contributed by atoms with Crippen LogP contribution in [0.1, 0.15) is 0 Å². The average Bonchev–Trinajstić information content (AvgIpc) is 3.30. The number of hydrogen-bond acceptors (Lipinski definition) is 5. The lowest BCUT2D eigenvalue weighted by molar-refractivity contribution is -0.844. The van der Waals surface area contributed by atoms with E-state index in [-0.39, 0.29) is 17.3 Å². The first-order chi connectivity index (χ1) is 17.5. The zero-order valence-electron chi connectivity index (χ0n) is 19.7. The van der Waals surface area contributed by atoms with Crippen LogP contribution in [0.2, 0.25) is 0 Å². The molecule has 182 valence electrons. The number of nitrogens with one attached hydrogen (secondary N) is 1. The number of fused-ring (bicyclic) bond motifs is 4. The summed E-state index contributed by atoms with van der Waals surface area (Å²) < 4.78 is 9.35. The first-order valence-corrected chi connectivity index (χ1v) is 13.1. The van der Waals surface area contributed by atoms with Gasteiger partial charge in [0.15, 0.2) is 5.65 Å². The standard InChI is InChI=1S/C27H23ClN4O3S/c1-30(25(34)16-28)17-7-8-22-21(14-17)19-5-2-4-18(26(19)36-22)20-6-3-9-32-24(33)15-23(29-27(20)32)31-10-12-35-13-11-31/h2-9,14-15H,10-13,16H2,1H3/p+1. The van der Waals surface area contributed by atoms with E-state index in [0.717, 1.165) is 55.9 Å². The molecule has 2 aromatic carbocycles. The number of thiophene rings is 1. The Kier molecular flexibility index (Phi) is 5.97. The van der Waals surface area contributed by atoms with Crippen LogP contribution in [-0.4, -0.2) is 54.5 Å². The van der Waals surface area contributed by atoms with Crippen molar-refractivity contribution in [2.24, 2.45) is 0 Å². The zero-order valence-corrected chi connectivity index (χ0v) is 21.2. The van der Waals surface area contributed by atoms with Gasteiger partial charge in [-0.15, -0.1) is 22.9 Å². The van der Waals surface area contributed by atoms with E-state index >= 15 is 0 Å². The van der Waals surface area contributed by atoms with Crippen LogP contribution in [0.5, 0.6) is 0 Å². The molecule has 4 heterocycles. The van der Waals surface area contributed by atoms with E-state index in [4.69, 9.17) is 21.3 Å². The van der Waals surface area contributed by atoms with E-state index in [1.807, 2.05) is 36.4 Å². The van der Waals surface area contributed by atoms with Crippen LogP contribution in [0, 0.1) is 0 Å². The summed E-state index contributed by atoms with van der Waals surface area (Å²) in [6.45, 7) is 2.90. The molecule has 0 bridgehead atoms. The first-order valence-electron chi connectivity index (χ1n) is 11.8. The van der Waals surface area contributed by atoms with Crippen molar-refractivity contribution in [2.75, 3.05) is 44.1 Å². The maximum absolute atomic E-state index is 13.1. The number of pyridine rings is 1.